The van der Waals surface area contributed by atoms with Gasteiger partial charge >= 0.3 is 0 Å². The van der Waals surface area contributed by atoms with Crippen LogP contribution in [0.1, 0.15) is 11.7 Å². The van der Waals surface area contributed by atoms with E-state index in [-0.39, 0.29) is 11.8 Å². The number of ether oxygens (including phenoxy) is 1. The molecule has 0 N–H and O–H groups in total. The maximum atomic E-state index is 10.9. The minimum atomic E-state index is -0.434. The van der Waals surface area contributed by atoms with Crippen LogP contribution in [0.3, 0.4) is 0 Å². The number of hydrogen-bond donors (Lipinski definition) is 0. The summed E-state index contributed by atoms with van der Waals surface area (Å²) in [5.41, 5.74) is 1.67. The zero-order chi connectivity index (χ0) is 16.9. The summed E-state index contributed by atoms with van der Waals surface area (Å²) in [5, 5.41) is 15.3. The Kier molecular flexibility index (Phi) is 4.62. The number of hydrogen-bond acceptors (Lipinski definition) is 5. The highest BCUT2D eigenvalue weighted by Crippen LogP contribution is 2.22. The molecule has 122 valence electrons. The summed E-state index contributed by atoms with van der Waals surface area (Å²) >= 11 is 0. The van der Waals surface area contributed by atoms with Gasteiger partial charge < -0.3 is 4.74 Å². The lowest BCUT2D eigenvalue weighted by Crippen LogP contribution is -2.11. The highest BCUT2D eigenvalue weighted by atomic mass is 16.6. The van der Waals surface area contributed by atoms with Gasteiger partial charge in [-0.3, -0.25) is 10.1 Å². The fourth-order valence-corrected chi connectivity index (χ4v) is 2.43. The first-order valence-electron chi connectivity index (χ1n) is 7.39. The molecule has 0 fully saturated rings. The summed E-state index contributed by atoms with van der Waals surface area (Å²) in [6.45, 7) is 0.502. The second-order valence-electron chi connectivity index (χ2n) is 5.23. The number of non-ortho nitro benzene ring substituents is 1. The third-order valence-corrected chi connectivity index (χ3v) is 3.66. The first kappa shape index (κ1) is 15.8. The molecule has 1 heterocycles. The van der Waals surface area contributed by atoms with Gasteiger partial charge in [0, 0.05) is 24.8 Å². The van der Waals surface area contributed by atoms with Crippen molar-refractivity contribution in [2.24, 2.45) is 0 Å². The number of nitrogens with zero attached hydrogens (tertiary/aromatic N) is 4. The number of benzene rings is 2. The van der Waals surface area contributed by atoms with Crippen LogP contribution >= 0.6 is 0 Å². The number of nitro benzene ring substituents is 1. The zero-order valence-corrected chi connectivity index (χ0v) is 13.1. The second kappa shape index (κ2) is 7.01. The van der Waals surface area contributed by atoms with Crippen molar-refractivity contribution >= 4 is 5.69 Å². The third kappa shape index (κ3) is 3.47. The zero-order valence-electron chi connectivity index (χ0n) is 13.1. The fraction of sp³-hybridized carbons (Fsp3) is 0.176. The Balaban J connectivity index is 1.80. The summed E-state index contributed by atoms with van der Waals surface area (Å²) in [4.78, 5) is 14.7. The van der Waals surface area contributed by atoms with Crippen molar-refractivity contribution in [1.82, 2.24) is 14.8 Å². The maximum Gasteiger partial charge on any atom is 0.270 e. The molecule has 2 aromatic carbocycles. The fourth-order valence-electron chi connectivity index (χ4n) is 2.43. The van der Waals surface area contributed by atoms with Crippen molar-refractivity contribution < 1.29 is 9.66 Å². The number of nitro groups is 1. The van der Waals surface area contributed by atoms with Crippen molar-refractivity contribution in [3.63, 3.8) is 0 Å². The smallest absolute Gasteiger partial charge is 0.270 e. The molecular formula is C17H16N4O3. The van der Waals surface area contributed by atoms with Crippen LogP contribution in [0, 0.1) is 10.1 Å². The van der Waals surface area contributed by atoms with Crippen LogP contribution < -0.4 is 0 Å². The third-order valence-electron chi connectivity index (χ3n) is 3.66. The van der Waals surface area contributed by atoms with Gasteiger partial charge in [-0.15, -0.1) is 0 Å². The van der Waals surface area contributed by atoms with Crippen LogP contribution in [0.25, 0.3) is 11.4 Å². The standard InChI is InChI=1S/C17H16N4O3/c1-24-16(13-6-3-2-4-7-13)11-20-12-18-17(19-20)14-8-5-9-15(10-14)21(22)23/h2-10,12,16H,11H2,1H3/t16-/m0/s1. The SMILES string of the molecule is CO[C@@H](Cn1cnc(-c2cccc([N+](=O)[O-])c2)n1)c1ccccc1. The van der Waals surface area contributed by atoms with Gasteiger partial charge in [-0.25, -0.2) is 9.67 Å². The molecular weight excluding hydrogens is 308 g/mol. The normalized spacial score (nSPS) is 12.0. The molecule has 0 saturated carbocycles. The number of methoxy groups -OCH3 is 1. The quantitative estimate of drug-likeness (QED) is 0.513. The van der Waals surface area contributed by atoms with E-state index in [1.54, 1.807) is 30.3 Å². The lowest BCUT2D eigenvalue weighted by molar-refractivity contribution is -0.384. The highest BCUT2D eigenvalue weighted by Gasteiger charge is 2.14. The number of aromatic nitrogens is 3. The van der Waals surface area contributed by atoms with E-state index in [2.05, 4.69) is 10.1 Å². The number of rotatable bonds is 6. The van der Waals surface area contributed by atoms with Crippen LogP contribution in [0.15, 0.2) is 60.9 Å². The van der Waals surface area contributed by atoms with Gasteiger partial charge in [-0.2, -0.15) is 5.10 Å². The molecule has 0 spiro atoms. The van der Waals surface area contributed by atoms with Gasteiger partial charge in [0.05, 0.1) is 11.5 Å². The van der Waals surface area contributed by atoms with Crippen LogP contribution in [0.5, 0.6) is 0 Å². The van der Waals surface area contributed by atoms with Gasteiger partial charge in [-0.05, 0) is 5.56 Å². The van der Waals surface area contributed by atoms with E-state index in [4.69, 9.17) is 4.74 Å². The molecule has 1 atom stereocenters. The Bertz CT molecular complexity index is 833. The van der Waals surface area contributed by atoms with Gasteiger partial charge in [0.2, 0.25) is 0 Å². The Hall–Kier alpha value is -3.06. The molecule has 0 aliphatic carbocycles. The molecule has 7 nitrogen and oxygen atoms in total. The van der Waals surface area contributed by atoms with Crippen LogP contribution in [0.2, 0.25) is 0 Å². The molecule has 24 heavy (non-hydrogen) atoms. The van der Waals surface area contributed by atoms with Crippen molar-refractivity contribution in [3.8, 4) is 11.4 Å². The van der Waals surface area contributed by atoms with Crippen LogP contribution in [-0.2, 0) is 11.3 Å². The molecule has 0 amide bonds. The Morgan fingerprint density at radius 1 is 1.21 bits per heavy atom. The highest BCUT2D eigenvalue weighted by molar-refractivity contribution is 5.58. The van der Waals surface area contributed by atoms with Gasteiger partial charge in [0.15, 0.2) is 5.82 Å². The van der Waals surface area contributed by atoms with Crippen molar-refractivity contribution in [2.45, 2.75) is 12.6 Å². The summed E-state index contributed by atoms with van der Waals surface area (Å²) in [5.74, 6) is 0.446. The van der Waals surface area contributed by atoms with E-state index in [0.29, 0.717) is 17.9 Å². The lowest BCUT2D eigenvalue weighted by Gasteiger charge is -2.15. The Morgan fingerprint density at radius 2 is 2.00 bits per heavy atom. The average molecular weight is 324 g/mol. The van der Waals surface area contributed by atoms with Crippen molar-refractivity contribution in [2.75, 3.05) is 7.11 Å². The Labute approximate surface area is 138 Å². The van der Waals surface area contributed by atoms with Gasteiger partial charge in [0.25, 0.3) is 5.69 Å². The first-order valence-corrected chi connectivity index (χ1v) is 7.39. The predicted molar refractivity (Wildman–Crippen MR) is 88.3 cm³/mol. The predicted octanol–water partition coefficient (Wildman–Crippen LogP) is 3.24. The molecule has 1 aromatic heterocycles. The molecule has 0 aliphatic rings. The summed E-state index contributed by atoms with van der Waals surface area (Å²) in [6, 6.07) is 16.1. The molecule has 3 aromatic rings. The van der Waals surface area contributed by atoms with E-state index >= 15 is 0 Å². The largest absolute Gasteiger partial charge is 0.375 e. The summed E-state index contributed by atoms with van der Waals surface area (Å²) in [6.07, 6.45) is 1.45. The molecule has 0 unspecified atom stereocenters. The van der Waals surface area contributed by atoms with E-state index in [9.17, 15) is 10.1 Å². The van der Waals surface area contributed by atoms with Crippen LogP contribution in [0.4, 0.5) is 5.69 Å². The molecule has 0 radical (unpaired) electrons. The Morgan fingerprint density at radius 3 is 2.71 bits per heavy atom. The first-order chi connectivity index (χ1) is 11.7. The molecule has 0 saturated heterocycles. The van der Waals surface area contributed by atoms with E-state index in [1.165, 1.54) is 12.1 Å². The molecule has 0 aliphatic heterocycles. The van der Waals surface area contributed by atoms with E-state index < -0.39 is 4.92 Å². The monoisotopic (exact) mass is 324 g/mol. The van der Waals surface area contributed by atoms with Crippen molar-refractivity contribution in [1.29, 1.82) is 0 Å². The lowest BCUT2D eigenvalue weighted by atomic mass is 10.1. The van der Waals surface area contributed by atoms with Gasteiger partial charge in [0.1, 0.15) is 12.4 Å². The van der Waals surface area contributed by atoms with E-state index in [1.807, 2.05) is 30.3 Å². The van der Waals surface area contributed by atoms with Crippen LogP contribution in [-0.4, -0.2) is 26.8 Å². The summed E-state index contributed by atoms with van der Waals surface area (Å²) in [7, 11) is 1.65. The molecule has 7 heteroatoms. The maximum absolute atomic E-state index is 10.9. The van der Waals surface area contributed by atoms with Crippen molar-refractivity contribution in [3.05, 3.63) is 76.6 Å². The minimum Gasteiger partial charge on any atom is -0.375 e. The topological polar surface area (TPSA) is 83.1 Å². The van der Waals surface area contributed by atoms with E-state index in [0.717, 1.165) is 5.56 Å². The minimum absolute atomic E-state index is 0.0166. The second-order valence-corrected chi connectivity index (χ2v) is 5.23. The average Bonchev–Trinajstić information content (AvgIpc) is 3.09. The molecule has 3 rings (SSSR count). The summed E-state index contributed by atoms with van der Waals surface area (Å²) < 4.78 is 7.20. The molecule has 0 bridgehead atoms. The van der Waals surface area contributed by atoms with Gasteiger partial charge in [-0.1, -0.05) is 42.5 Å².